The summed E-state index contributed by atoms with van der Waals surface area (Å²) in [4.78, 5) is 10.3. The number of hydrogen-bond acceptors (Lipinski definition) is 5. The summed E-state index contributed by atoms with van der Waals surface area (Å²) in [7, 11) is 0. The maximum absolute atomic E-state index is 6.54. The SMILES string of the molecule is c1ccc(C2=NC(c3ccc4c(c3)C3(c5ccccc5Oc5ccccc53)c3cccnc3-4)NC(c3ccc(-c4ccccc4)cc3)N2)cc1. The summed E-state index contributed by atoms with van der Waals surface area (Å²) in [5.74, 6) is 2.58. The van der Waals surface area contributed by atoms with Gasteiger partial charge in [-0.05, 0) is 51.6 Å². The molecule has 2 atom stereocenters. The van der Waals surface area contributed by atoms with Crippen molar-refractivity contribution >= 4 is 5.84 Å². The van der Waals surface area contributed by atoms with E-state index >= 15 is 0 Å². The average Bonchev–Trinajstić information content (AvgIpc) is 3.48. The number of amidine groups is 1. The van der Waals surface area contributed by atoms with E-state index < -0.39 is 5.41 Å². The molecule has 2 unspecified atom stereocenters. The third kappa shape index (κ3) is 4.37. The van der Waals surface area contributed by atoms with E-state index in [-0.39, 0.29) is 12.3 Å². The molecule has 0 fully saturated rings. The Morgan fingerprint density at radius 1 is 0.520 bits per heavy atom. The van der Waals surface area contributed by atoms with Gasteiger partial charge in [0.05, 0.1) is 11.1 Å². The third-order valence-electron chi connectivity index (χ3n) is 10.3. The summed E-state index contributed by atoms with van der Waals surface area (Å²) in [5.41, 5.74) is 11.8. The Labute approximate surface area is 291 Å². The summed E-state index contributed by atoms with van der Waals surface area (Å²) < 4.78 is 6.54. The maximum Gasteiger partial charge on any atom is 0.132 e. The van der Waals surface area contributed by atoms with Crippen LogP contribution >= 0.6 is 0 Å². The number of nitrogens with one attached hydrogen (secondary N) is 2. The number of para-hydroxylation sites is 2. The predicted molar refractivity (Wildman–Crippen MR) is 198 cm³/mol. The van der Waals surface area contributed by atoms with Crippen LogP contribution in [0, 0.1) is 0 Å². The fraction of sp³-hybridized carbons (Fsp3) is 0.0667. The molecule has 3 aliphatic rings. The van der Waals surface area contributed by atoms with Gasteiger partial charge in [0.1, 0.15) is 29.7 Å². The second-order valence-electron chi connectivity index (χ2n) is 13.0. The number of rotatable bonds is 4. The van der Waals surface area contributed by atoms with Crippen molar-refractivity contribution in [2.45, 2.75) is 17.7 Å². The van der Waals surface area contributed by atoms with Gasteiger partial charge in [0.2, 0.25) is 0 Å². The topological polar surface area (TPSA) is 58.5 Å². The first kappa shape index (κ1) is 28.7. The number of aliphatic imine (C=N–C) groups is 1. The highest BCUT2D eigenvalue weighted by atomic mass is 16.5. The van der Waals surface area contributed by atoms with Gasteiger partial charge in [-0.1, -0.05) is 146 Å². The molecule has 1 spiro atoms. The second kappa shape index (κ2) is 11.4. The van der Waals surface area contributed by atoms with Gasteiger partial charge in [-0.3, -0.25) is 10.3 Å². The summed E-state index contributed by atoms with van der Waals surface area (Å²) in [6, 6.07) is 57.6. The van der Waals surface area contributed by atoms with E-state index in [0.717, 1.165) is 56.4 Å². The first-order valence-corrected chi connectivity index (χ1v) is 17.1. The molecule has 1 aliphatic carbocycles. The molecule has 0 saturated carbocycles. The van der Waals surface area contributed by atoms with Crippen molar-refractivity contribution in [2.75, 3.05) is 0 Å². The average molecular weight is 645 g/mol. The monoisotopic (exact) mass is 644 g/mol. The molecule has 238 valence electrons. The van der Waals surface area contributed by atoms with Crippen LogP contribution in [0.2, 0.25) is 0 Å². The zero-order chi connectivity index (χ0) is 33.1. The van der Waals surface area contributed by atoms with Gasteiger partial charge in [-0.25, -0.2) is 4.99 Å². The van der Waals surface area contributed by atoms with Crippen LogP contribution in [0.15, 0.2) is 175 Å². The van der Waals surface area contributed by atoms with Gasteiger partial charge in [-0.15, -0.1) is 0 Å². The molecule has 3 heterocycles. The van der Waals surface area contributed by atoms with E-state index in [0.29, 0.717) is 0 Å². The number of hydrogen-bond donors (Lipinski definition) is 2. The second-order valence-corrected chi connectivity index (χ2v) is 13.0. The highest BCUT2D eigenvalue weighted by Crippen LogP contribution is 2.61. The lowest BCUT2D eigenvalue weighted by molar-refractivity contribution is 0.408. The number of nitrogens with zero attached hydrogens (tertiary/aromatic N) is 2. The van der Waals surface area contributed by atoms with Crippen molar-refractivity contribution in [1.82, 2.24) is 15.6 Å². The van der Waals surface area contributed by atoms with Crippen LogP contribution in [-0.4, -0.2) is 10.8 Å². The van der Waals surface area contributed by atoms with Gasteiger partial charge in [-0.2, -0.15) is 0 Å². The van der Waals surface area contributed by atoms with E-state index in [1.54, 1.807) is 0 Å². The lowest BCUT2D eigenvalue weighted by atomic mass is 9.66. The maximum atomic E-state index is 6.54. The first-order valence-electron chi connectivity index (χ1n) is 17.1. The Bertz CT molecular complexity index is 2380. The molecule has 1 aromatic heterocycles. The van der Waals surface area contributed by atoms with Crippen LogP contribution in [-0.2, 0) is 5.41 Å². The van der Waals surface area contributed by atoms with Crippen molar-refractivity contribution < 1.29 is 4.74 Å². The van der Waals surface area contributed by atoms with Crippen molar-refractivity contribution in [1.29, 1.82) is 0 Å². The molecule has 5 nitrogen and oxygen atoms in total. The van der Waals surface area contributed by atoms with Crippen LogP contribution in [0.4, 0.5) is 0 Å². The van der Waals surface area contributed by atoms with E-state index in [9.17, 15) is 0 Å². The Balaban J connectivity index is 1.13. The third-order valence-corrected chi connectivity index (χ3v) is 10.3. The standard InChI is InChI=1S/C45H32N4O/c1-3-12-29(13-4-1)30-21-23-32(24-22-30)43-47-42(31-14-5-2-6-15-31)48-44(49-43)33-25-26-34-38(28-33)45(37-18-11-27-46-41(34)37)35-16-7-9-19-39(35)50-40-20-10-8-17-36(40)45/h1-28,43-44,49H,(H,47,48). The fourth-order valence-electron chi connectivity index (χ4n) is 8.03. The van der Waals surface area contributed by atoms with Crippen molar-refractivity contribution in [2.24, 2.45) is 4.99 Å². The summed E-state index contributed by atoms with van der Waals surface area (Å²) >= 11 is 0. The largest absolute Gasteiger partial charge is 0.457 e. The first-order chi connectivity index (χ1) is 24.8. The van der Waals surface area contributed by atoms with Crippen molar-refractivity contribution in [3.05, 3.63) is 209 Å². The Morgan fingerprint density at radius 3 is 1.84 bits per heavy atom. The van der Waals surface area contributed by atoms with Crippen LogP contribution in [0.3, 0.4) is 0 Å². The molecule has 0 radical (unpaired) electrons. The van der Waals surface area contributed by atoms with E-state index in [2.05, 4.69) is 144 Å². The van der Waals surface area contributed by atoms with Gasteiger partial charge in [0, 0.05) is 28.5 Å². The molecule has 6 aromatic carbocycles. The van der Waals surface area contributed by atoms with E-state index in [4.69, 9.17) is 14.7 Å². The van der Waals surface area contributed by atoms with Crippen LogP contribution in [0.1, 0.15) is 51.3 Å². The van der Waals surface area contributed by atoms with Gasteiger partial charge < -0.3 is 10.1 Å². The molecule has 5 heteroatoms. The highest BCUT2D eigenvalue weighted by molar-refractivity contribution is 5.99. The molecule has 50 heavy (non-hydrogen) atoms. The molecule has 2 N–H and O–H groups in total. The predicted octanol–water partition coefficient (Wildman–Crippen LogP) is 9.55. The highest BCUT2D eigenvalue weighted by Gasteiger charge is 2.51. The Hall–Kier alpha value is -6.30. The molecule has 0 amide bonds. The normalized spacial score (nSPS) is 17.7. The smallest absolute Gasteiger partial charge is 0.132 e. The number of benzene rings is 6. The van der Waals surface area contributed by atoms with Gasteiger partial charge >= 0.3 is 0 Å². The van der Waals surface area contributed by atoms with Gasteiger partial charge in [0.15, 0.2) is 0 Å². The molecule has 0 bridgehead atoms. The van der Waals surface area contributed by atoms with Gasteiger partial charge in [0.25, 0.3) is 0 Å². The minimum Gasteiger partial charge on any atom is -0.457 e. The summed E-state index contributed by atoms with van der Waals surface area (Å²) in [5, 5.41) is 7.55. The quantitative estimate of drug-likeness (QED) is 0.200. The summed E-state index contributed by atoms with van der Waals surface area (Å²) in [6.45, 7) is 0. The molecular formula is C45H32N4O. The zero-order valence-corrected chi connectivity index (χ0v) is 27.1. The molecule has 0 saturated heterocycles. The van der Waals surface area contributed by atoms with E-state index in [1.165, 1.54) is 22.3 Å². The summed E-state index contributed by atoms with van der Waals surface area (Å²) in [6.07, 6.45) is 1.42. The van der Waals surface area contributed by atoms with E-state index in [1.807, 2.05) is 36.5 Å². The van der Waals surface area contributed by atoms with Crippen molar-refractivity contribution in [3.63, 3.8) is 0 Å². The lowest BCUT2D eigenvalue weighted by Gasteiger charge is -2.39. The number of aromatic nitrogens is 1. The number of pyridine rings is 1. The molecule has 10 rings (SSSR count). The van der Waals surface area contributed by atoms with Crippen LogP contribution in [0.25, 0.3) is 22.4 Å². The lowest BCUT2D eigenvalue weighted by Crippen LogP contribution is -2.45. The van der Waals surface area contributed by atoms with Crippen LogP contribution in [0.5, 0.6) is 11.5 Å². The zero-order valence-electron chi connectivity index (χ0n) is 27.1. The number of fused-ring (bicyclic) bond motifs is 9. The molecule has 7 aromatic rings. The van der Waals surface area contributed by atoms with Crippen LogP contribution < -0.4 is 15.4 Å². The minimum absolute atomic E-state index is 0.164. The fourth-order valence-corrected chi connectivity index (χ4v) is 8.03. The Morgan fingerprint density at radius 2 is 1.12 bits per heavy atom. The molecular weight excluding hydrogens is 613 g/mol. The molecule has 2 aliphatic heterocycles. The van der Waals surface area contributed by atoms with Crippen molar-refractivity contribution in [3.8, 4) is 33.9 Å². The Kier molecular flexibility index (Phi) is 6.54. The number of ether oxygens (including phenoxy) is 1. The minimum atomic E-state index is -0.591.